The van der Waals surface area contributed by atoms with Crippen LogP contribution in [0, 0.1) is 0 Å². The number of hydrogen-bond donors (Lipinski definition) is 1. The Bertz CT molecular complexity index is 637. The zero-order chi connectivity index (χ0) is 16.3. The maximum atomic E-state index is 5.62. The zero-order valence-electron chi connectivity index (χ0n) is 13.6. The minimum Gasteiger partial charge on any atom is -0.372 e. The van der Waals surface area contributed by atoms with Gasteiger partial charge in [0.05, 0.1) is 5.69 Å². The van der Waals surface area contributed by atoms with Crippen LogP contribution in [-0.2, 0) is 16.8 Å². The molecular weight excluding hydrogens is 372 g/mol. The van der Waals surface area contributed by atoms with Crippen molar-refractivity contribution < 1.29 is 4.74 Å². The van der Waals surface area contributed by atoms with Gasteiger partial charge in [-0.2, -0.15) is 0 Å². The molecule has 1 aliphatic carbocycles. The molecule has 0 aliphatic heterocycles. The molecule has 1 aromatic carbocycles. The predicted octanol–water partition coefficient (Wildman–Crippen LogP) is 5.17. The van der Waals surface area contributed by atoms with E-state index in [-0.39, 0.29) is 11.6 Å². The fourth-order valence-corrected chi connectivity index (χ4v) is 4.13. The maximum Gasteiger partial charge on any atom is 0.122 e. The molecule has 2 aromatic rings. The first-order valence-corrected chi connectivity index (χ1v) is 9.87. The summed E-state index contributed by atoms with van der Waals surface area (Å²) in [6.07, 6.45) is 3.76. The van der Waals surface area contributed by atoms with Crippen LogP contribution in [0.1, 0.15) is 55.5 Å². The monoisotopic (exact) mass is 394 g/mol. The van der Waals surface area contributed by atoms with Gasteiger partial charge in [-0.25, -0.2) is 4.98 Å². The van der Waals surface area contributed by atoms with E-state index >= 15 is 0 Å². The fourth-order valence-electron chi connectivity index (χ4n) is 3.04. The van der Waals surface area contributed by atoms with Crippen LogP contribution in [-0.4, -0.2) is 11.6 Å². The quantitative estimate of drug-likeness (QED) is 0.702. The molecule has 23 heavy (non-hydrogen) atoms. The number of halogens is 1. The average Bonchev–Trinajstić information content (AvgIpc) is 2.97. The first kappa shape index (κ1) is 17.1. The molecular formula is C18H23BrN2OS. The molecule has 0 saturated heterocycles. The van der Waals surface area contributed by atoms with Crippen LogP contribution in [0.25, 0.3) is 0 Å². The normalized spacial score (nSPS) is 17.7. The van der Waals surface area contributed by atoms with Crippen LogP contribution in [0.2, 0.25) is 0 Å². The number of thiazole rings is 1. The van der Waals surface area contributed by atoms with Crippen LogP contribution >= 0.6 is 27.3 Å². The van der Waals surface area contributed by atoms with Crippen molar-refractivity contribution in [1.82, 2.24) is 10.3 Å². The van der Waals surface area contributed by atoms with Crippen LogP contribution in [0.4, 0.5) is 0 Å². The highest BCUT2D eigenvalue weighted by molar-refractivity contribution is 9.10. The van der Waals surface area contributed by atoms with Crippen LogP contribution in [0.3, 0.4) is 0 Å². The zero-order valence-corrected chi connectivity index (χ0v) is 16.0. The smallest absolute Gasteiger partial charge is 0.122 e. The van der Waals surface area contributed by atoms with Gasteiger partial charge in [0.1, 0.15) is 11.1 Å². The molecule has 1 aliphatic rings. The second-order valence-corrected chi connectivity index (χ2v) is 7.88. The molecule has 3 rings (SSSR count). The van der Waals surface area contributed by atoms with Crippen LogP contribution in [0.5, 0.6) is 0 Å². The third-order valence-electron chi connectivity index (χ3n) is 4.55. The molecule has 0 amide bonds. The second kappa shape index (κ2) is 7.43. The van der Waals surface area contributed by atoms with E-state index in [1.807, 2.05) is 6.92 Å². The lowest BCUT2D eigenvalue weighted by atomic mass is 9.72. The van der Waals surface area contributed by atoms with Crippen molar-refractivity contribution in [1.29, 1.82) is 0 Å². The Labute approximate surface area is 150 Å². The van der Waals surface area contributed by atoms with E-state index in [0.717, 1.165) is 28.3 Å². The van der Waals surface area contributed by atoms with E-state index in [0.29, 0.717) is 0 Å². The maximum absolute atomic E-state index is 5.62. The van der Waals surface area contributed by atoms with E-state index < -0.39 is 0 Å². The van der Waals surface area contributed by atoms with Gasteiger partial charge in [0.25, 0.3) is 0 Å². The highest BCUT2D eigenvalue weighted by Gasteiger charge is 2.38. The minimum absolute atomic E-state index is 0.0860. The Morgan fingerprint density at radius 2 is 2.09 bits per heavy atom. The molecule has 0 radical (unpaired) electrons. The summed E-state index contributed by atoms with van der Waals surface area (Å²) in [7, 11) is 0. The SMILES string of the molecule is CCOC(C)c1nc(CNC2(c3ccc(Br)cc3)CCC2)cs1. The van der Waals surface area contributed by atoms with Crippen molar-refractivity contribution in [3.05, 3.63) is 50.4 Å². The average molecular weight is 395 g/mol. The van der Waals surface area contributed by atoms with Gasteiger partial charge in [-0.1, -0.05) is 28.1 Å². The van der Waals surface area contributed by atoms with Crippen LogP contribution < -0.4 is 5.32 Å². The molecule has 5 heteroatoms. The first-order valence-electron chi connectivity index (χ1n) is 8.20. The van der Waals surface area contributed by atoms with Crippen molar-refractivity contribution in [3.63, 3.8) is 0 Å². The minimum atomic E-state index is 0.0860. The van der Waals surface area contributed by atoms with Gasteiger partial charge in [0.2, 0.25) is 0 Å². The Morgan fingerprint density at radius 3 is 2.70 bits per heavy atom. The molecule has 1 saturated carbocycles. The third-order valence-corrected chi connectivity index (χ3v) is 6.13. The summed E-state index contributed by atoms with van der Waals surface area (Å²) in [6, 6.07) is 8.70. The topological polar surface area (TPSA) is 34.1 Å². The molecule has 1 atom stereocenters. The van der Waals surface area contributed by atoms with Gasteiger partial charge < -0.3 is 10.1 Å². The fraction of sp³-hybridized carbons (Fsp3) is 0.500. The molecule has 1 fully saturated rings. The Morgan fingerprint density at radius 1 is 1.35 bits per heavy atom. The highest BCUT2D eigenvalue weighted by atomic mass is 79.9. The number of nitrogens with zero attached hydrogens (tertiary/aromatic N) is 1. The van der Waals surface area contributed by atoms with Gasteiger partial charge in [0, 0.05) is 28.5 Å². The summed E-state index contributed by atoms with van der Waals surface area (Å²) in [5.74, 6) is 0. The summed E-state index contributed by atoms with van der Waals surface area (Å²) >= 11 is 5.21. The third kappa shape index (κ3) is 3.85. The van der Waals surface area contributed by atoms with E-state index in [1.165, 1.54) is 24.8 Å². The highest BCUT2D eigenvalue weighted by Crippen LogP contribution is 2.41. The van der Waals surface area contributed by atoms with Crippen molar-refractivity contribution >= 4 is 27.3 Å². The van der Waals surface area contributed by atoms with Crippen molar-refractivity contribution in [2.75, 3.05) is 6.61 Å². The molecule has 3 nitrogen and oxygen atoms in total. The number of hydrogen-bond acceptors (Lipinski definition) is 4. The van der Waals surface area contributed by atoms with Crippen molar-refractivity contribution in [3.8, 4) is 0 Å². The molecule has 1 aromatic heterocycles. The number of benzene rings is 1. The van der Waals surface area contributed by atoms with E-state index in [1.54, 1.807) is 11.3 Å². The van der Waals surface area contributed by atoms with Crippen molar-refractivity contribution in [2.45, 2.75) is 51.3 Å². The number of nitrogens with one attached hydrogen (secondary N) is 1. The Hall–Kier alpha value is -0.750. The largest absolute Gasteiger partial charge is 0.372 e. The molecule has 124 valence electrons. The van der Waals surface area contributed by atoms with Gasteiger partial charge in [-0.15, -0.1) is 11.3 Å². The predicted molar refractivity (Wildman–Crippen MR) is 98.7 cm³/mol. The van der Waals surface area contributed by atoms with Gasteiger partial charge >= 0.3 is 0 Å². The van der Waals surface area contributed by atoms with Gasteiger partial charge in [0.15, 0.2) is 0 Å². The number of ether oxygens (including phenoxy) is 1. The first-order chi connectivity index (χ1) is 11.1. The number of rotatable bonds is 7. The molecule has 1 unspecified atom stereocenters. The summed E-state index contributed by atoms with van der Waals surface area (Å²) in [5, 5.41) is 6.97. The standard InChI is InChI=1S/C18H23BrN2OS/c1-3-22-13(2)17-21-16(12-23-17)11-20-18(9-4-10-18)14-5-7-15(19)8-6-14/h5-8,12-13,20H,3-4,9-11H2,1-2H3. The Kier molecular flexibility index (Phi) is 5.52. The van der Waals surface area contributed by atoms with Gasteiger partial charge in [-0.05, 0) is 50.8 Å². The lowest BCUT2D eigenvalue weighted by molar-refractivity contribution is 0.0760. The lowest BCUT2D eigenvalue weighted by Crippen LogP contribution is -2.47. The summed E-state index contributed by atoms with van der Waals surface area (Å²) in [6.45, 7) is 5.62. The number of aromatic nitrogens is 1. The molecule has 1 N–H and O–H groups in total. The Balaban J connectivity index is 1.65. The van der Waals surface area contributed by atoms with Crippen LogP contribution in [0.15, 0.2) is 34.1 Å². The summed E-state index contributed by atoms with van der Waals surface area (Å²) in [4.78, 5) is 4.72. The van der Waals surface area contributed by atoms with E-state index in [9.17, 15) is 0 Å². The molecule has 1 heterocycles. The van der Waals surface area contributed by atoms with Crippen molar-refractivity contribution in [2.24, 2.45) is 0 Å². The molecule has 0 spiro atoms. The lowest BCUT2D eigenvalue weighted by Gasteiger charge is -2.43. The van der Waals surface area contributed by atoms with E-state index in [4.69, 9.17) is 9.72 Å². The van der Waals surface area contributed by atoms with E-state index in [2.05, 4.69) is 57.8 Å². The summed E-state index contributed by atoms with van der Waals surface area (Å²) in [5.41, 5.74) is 2.61. The molecule has 0 bridgehead atoms. The second-order valence-electron chi connectivity index (χ2n) is 6.07. The van der Waals surface area contributed by atoms with Gasteiger partial charge in [-0.3, -0.25) is 0 Å². The summed E-state index contributed by atoms with van der Waals surface area (Å²) < 4.78 is 6.75.